The van der Waals surface area contributed by atoms with Gasteiger partial charge in [0, 0.05) is 13.7 Å². The van der Waals surface area contributed by atoms with Crippen molar-refractivity contribution in [2.24, 2.45) is 0 Å². The predicted octanol–water partition coefficient (Wildman–Crippen LogP) is 2.31. The van der Waals surface area contributed by atoms with Gasteiger partial charge in [0.25, 0.3) is 0 Å². The van der Waals surface area contributed by atoms with Crippen LogP contribution < -0.4 is 0 Å². The third-order valence-electron chi connectivity index (χ3n) is 2.61. The van der Waals surface area contributed by atoms with Crippen molar-refractivity contribution in [3.05, 3.63) is 23.7 Å². The lowest BCUT2D eigenvalue weighted by Gasteiger charge is -2.22. The molecule has 1 N–H and O–H groups in total. The molecule has 0 unspecified atom stereocenters. The summed E-state index contributed by atoms with van der Waals surface area (Å²) in [6.07, 6.45) is 2.08. The number of carboxylic acid groups (broad SMARTS) is 1. The lowest BCUT2D eigenvalue weighted by atomic mass is 10.1. The molecule has 0 saturated heterocycles. The van der Waals surface area contributed by atoms with Gasteiger partial charge in [0.05, 0.1) is 11.9 Å². The minimum absolute atomic E-state index is 0.149. The van der Waals surface area contributed by atoms with Gasteiger partial charge in [0.15, 0.2) is 0 Å². The van der Waals surface area contributed by atoms with Gasteiger partial charge < -0.3 is 19.0 Å². The maximum atomic E-state index is 10.8. The van der Waals surface area contributed by atoms with Gasteiger partial charge in [0.1, 0.15) is 17.9 Å². The van der Waals surface area contributed by atoms with Crippen molar-refractivity contribution in [2.75, 3.05) is 13.7 Å². The summed E-state index contributed by atoms with van der Waals surface area (Å²) in [6, 6.07) is 1.42. The lowest BCUT2D eigenvalue weighted by Crippen LogP contribution is -2.24. The van der Waals surface area contributed by atoms with E-state index in [1.807, 2.05) is 13.8 Å². The van der Waals surface area contributed by atoms with Crippen LogP contribution in [0.2, 0.25) is 0 Å². The van der Waals surface area contributed by atoms with E-state index in [9.17, 15) is 4.79 Å². The maximum Gasteiger partial charge on any atom is 0.339 e. The van der Waals surface area contributed by atoms with Crippen LogP contribution >= 0.6 is 0 Å². The standard InChI is InChI=1S/C12H18O5/c1-12(2,15-3)5-7-16-8-10-9(11(13)14)4-6-17-10/h4,6H,5,7-8H2,1-3H3,(H,13,14). The van der Waals surface area contributed by atoms with E-state index in [4.69, 9.17) is 19.0 Å². The SMILES string of the molecule is COC(C)(C)CCOCc1occc1C(=O)O. The normalized spacial score (nSPS) is 11.7. The van der Waals surface area contributed by atoms with E-state index in [0.717, 1.165) is 6.42 Å². The number of hydrogen-bond donors (Lipinski definition) is 1. The molecule has 0 saturated carbocycles. The van der Waals surface area contributed by atoms with E-state index < -0.39 is 5.97 Å². The van der Waals surface area contributed by atoms with Crippen molar-refractivity contribution in [3.63, 3.8) is 0 Å². The molecule has 0 aliphatic rings. The van der Waals surface area contributed by atoms with E-state index in [2.05, 4.69) is 0 Å². The van der Waals surface area contributed by atoms with Crippen molar-refractivity contribution in [2.45, 2.75) is 32.5 Å². The van der Waals surface area contributed by atoms with Gasteiger partial charge in [-0.2, -0.15) is 0 Å². The van der Waals surface area contributed by atoms with Crippen LogP contribution in [0, 0.1) is 0 Å². The first-order valence-electron chi connectivity index (χ1n) is 5.39. The van der Waals surface area contributed by atoms with Crippen LogP contribution in [-0.2, 0) is 16.1 Å². The number of methoxy groups -OCH3 is 1. The molecular formula is C12H18O5. The molecule has 0 aromatic carbocycles. The molecule has 1 aromatic rings. The van der Waals surface area contributed by atoms with Gasteiger partial charge in [0.2, 0.25) is 0 Å². The molecule has 0 aliphatic heterocycles. The van der Waals surface area contributed by atoms with Crippen molar-refractivity contribution >= 4 is 5.97 Å². The molecule has 1 heterocycles. The zero-order valence-corrected chi connectivity index (χ0v) is 10.4. The number of hydrogen-bond acceptors (Lipinski definition) is 4. The van der Waals surface area contributed by atoms with E-state index >= 15 is 0 Å². The summed E-state index contributed by atoms with van der Waals surface area (Å²) >= 11 is 0. The Morgan fingerprint density at radius 1 is 1.53 bits per heavy atom. The number of aromatic carboxylic acids is 1. The largest absolute Gasteiger partial charge is 0.478 e. The molecule has 0 atom stereocenters. The molecule has 96 valence electrons. The molecule has 1 rings (SSSR count). The van der Waals surface area contributed by atoms with Gasteiger partial charge in [-0.05, 0) is 26.3 Å². The number of carboxylic acids is 1. The zero-order valence-electron chi connectivity index (χ0n) is 10.4. The van der Waals surface area contributed by atoms with Crippen molar-refractivity contribution < 1.29 is 23.8 Å². The highest BCUT2D eigenvalue weighted by atomic mass is 16.5. The Kier molecular flexibility index (Phi) is 4.72. The van der Waals surface area contributed by atoms with Crippen LogP contribution in [0.25, 0.3) is 0 Å². The first-order chi connectivity index (χ1) is 7.96. The third-order valence-corrected chi connectivity index (χ3v) is 2.61. The summed E-state index contributed by atoms with van der Waals surface area (Å²) in [6.45, 7) is 4.58. The highest BCUT2D eigenvalue weighted by Gasteiger charge is 2.17. The average Bonchev–Trinajstić information content (AvgIpc) is 2.73. The minimum atomic E-state index is -1.01. The van der Waals surface area contributed by atoms with Gasteiger partial charge in [-0.25, -0.2) is 4.79 Å². The van der Waals surface area contributed by atoms with Gasteiger partial charge >= 0.3 is 5.97 Å². The fourth-order valence-electron chi connectivity index (χ4n) is 1.23. The van der Waals surface area contributed by atoms with Crippen LogP contribution in [0.5, 0.6) is 0 Å². The van der Waals surface area contributed by atoms with Crippen LogP contribution in [0.4, 0.5) is 0 Å². The van der Waals surface area contributed by atoms with Crippen molar-refractivity contribution in [1.29, 1.82) is 0 Å². The lowest BCUT2D eigenvalue weighted by molar-refractivity contribution is -0.0145. The number of furan rings is 1. The Morgan fingerprint density at radius 3 is 2.82 bits per heavy atom. The molecule has 5 heteroatoms. The molecule has 0 aliphatic carbocycles. The summed E-state index contributed by atoms with van der Waals surface area (Å²) in [7, 11) is 1.65. The molecule has 0 fully saturated rings. The van der Waals surface area contributed by atoms with Crippen LogP contribution in [0.15, 0.2) is 16.7 Å². The topological polar surface area (TPSA) is 68.9 Å². The van der Waals surface area contributed by atoms with E-state index in [-0.39, 0.29) is 17.8 Å². The Morgan fingerprint density at radius 2 is 2.24 bits per heavy atom. The fraction of sp³-hybridized carbons (Fsp3) is 0.583. The fourth-order valence-corrected chi connectivity index (χ4v) is 1.23. The summed E-state index contributed by atoms with van der Waals surface area (Å²) in [5.74, 6) is -0.665. The van der Waals surface area contributed by atoms with Crippen LogP contribution in [0.3, 0.4) is 0 Å². The van der Waals surface area contributed by atoms with E-state index in [1.54, 1.807) is 7.11 Å². The molecule has 1 aromatic heterocycles. The summed E-state index contributed by atoms with van der Waals surface area (Å²) in [4.78, 5) is 10.8. The Bertz CT molecular complexity index is 367. The van der Waals surface area contributed by atoms with Gasteiger partial charge in [-0.15, -0.1) is 0 Å². The molecule has 17 heavy (non-hydrogen) atoms. The third kappa shape index (κ3) is 4.20. The zero-order chi connectivity index (χ0) is 12.9. The van der Waals surface area contributed by atoms with E-state index in [0.29, 0.717) is 12.4 Å². The Balaban J connectivity index is 2.36. The Labute approximate surface area is 100 Å². The molecule has 5 nitrogen and oxygen atoms in total. The highest BCUT2D eigenvalue weighted by molar-refractivity contribution is 5.88. The van der Waals surface area contributed by atoms with Crippen LogP contribution in [-0.4, -0.2) is 30.4 Å². The number of carbonyl (C=O) groups is 1. The monoisotopic (exact) mass is 242 g/mol. The van der Waals surface area contributed by atoms with Crippen molar-refractivity contribution in [3.8, 4) is 0 Å². The number of rotatable bonds is 7. The molecule has 0 spiro atoms. The molecular weight excluding hydrogens is 224 g/mol. The average molecular weight is 242 g/mol. The highest BCUT2D eigenvalue weighted by Crippen LogP contribution is 2.15. The first-order valence-corrected chi connectivity index (χ1v) is 5.39. The van der Waals surface area contributed by atoms with Gasteiger partial charge in [-0.1, -0.05) is 0 Å². The van der Waals surface area contributed by atoms with Crippen molar-refractivity contribution in [1.82, 2.24) is 0 Å². The van der Waals surface area contributed by atoms with E-state index in [1.165, 1.54) is 12.3 Å². The quantitative estimate of drug-likeness (QED) is 0.743. The molecule has 0 amide bonds. The summed E-state index contributed by atoms with van der Waals surface area (Å²) in [5.41, 5.74) is -0.0882. The predicted molar refractivity (Wildman–Crippen MR) is 61.0 cm³/mol. The minimum Gasteiger partial charge on any atom is -0.478 e. The van der Waals surface area contributed by atoms with Crippen LogP contribution in [0.1, 0.15) is 36.4 Å². The smallest absolute Gasteiger partial charge is 0.339 e. The molecule has 0 radical (unpaired) electrons. The summed E-state index contributed by atoms with van der Waals surface area (Å²) < 4.78 is 15.7. The number of ether oxygens (including phenoxy) is 2. The summed E-state index contributed by atoms with van der Waals surface area (Å²) in [5, 5.41) is 8.84. The van der Waals surface area contributed by atoms with Gasteiger partial charge in [-0.3, -0.25) is 0 Å². The maximum absolute atomic E-state index is 10.8. The second kappa shape index (κ2) is 5.84. The molecule has 0 bridgehead atoms. The second-order valence-electron chi connectivity index (χ2n) is 4.33. The first kappa shape index (κ1) is 13.7. The second-order valence-corrected chi connectivity index (χ2v) is 4.33. The Hall–Kier alpha value is -1.33.